The highest BCUT2D eigenvalue weighted by atomic mass is 32.1. The summed E-state index contributed by atoms with van der Waals surface area (Å²) in [7, 11) is 0. The summed E-state index contributed by atoms with van der Waals surface area (Å²) < 4.78 is 11.6. The van der Waals surface area contributed by atoms with Crippen LogP contribution in [0.3, 0.4) is 0 Å². The highest BCUT2D eigenvalue weighted by Gasteiger charge is 2.29. The zero-order valence-corrected chi connectivity index (χ0v) is 12.8. The molecule has 0 saturated carbocycles. The van der Waals surface area contributed by atoms with Crippen LogP contribution in [0.2, 0.25) is 0 Å². The molecule has 0 amide bonds. The first-order valence-corrected chi connectivity index (χ1v) is 7.78. The van der Waals surface area contributed by atoms with Crippen molar-refractivity contribution in [2.75, 3.05) is 13.1 Å². The minimum absolute atomic E-state index is 0.116. The van der Waals surface area contributed by atoms with Gasteiger partial charge in [0.05, 0.1) is 23.1 Å². The summed E-state index contributed by atoms with van der Waals surface area (Å²) in [4.78, 5) is 3.35. The quantitative estimate of drug-likeness (QED) is 0.871. The van der Waals surface area contributed by atoms with Gasteiger partial charge >= 0.3 is 0 Å². The second-order valence-electron chi connectivity index (χ2n) is 5.31. The molecule has 2 aromatic rings. The molecule has 0 unspecified atom stereocenters. The Kier molecular flexibility index (Phi) is 3.87. The number of aromatic nitrogens is 2. The molecule has 0 N–H and O–H groups in total. The van der Waals surface area contributed by atoms with Crippen molar-refractivity contribution >= 4 is 11.3 Å². The number of hydrogen-bond donors (Lipinski definition) is 0. The lowest BCUT2D eigenvalue weighted by Gasteiger charge is -2.37. The van der Waals surface area contributed by atoms with Crippen LogP contribution in [0.5, 0.6) is 0 Å². The van der Waals surface area contributed by atoms with Gasteiger partial charge in [-0.2, -0.15) is 0 Å². The fourth-order valence-electron chi connectivity index (χ4n) is 2.59. The summed E-state index contributed by atoms with van der Waals surface area (Å²) in [5, 5.41) is 10.4. The van der Waals surface area contributed by atoms with Crippen molar-refractivity contribution in [3.63, 3.8) is 0 Å². The summed E-state index contributed by atoms with van der Waals surface area (Å²) in [5.41, 5.74) is 0. The highest BCUT2D eigenvalue weighted by molar-refractivity contribution is 7.13. The maximum Gasteiger partial charge on any atom is 0.257 e. The predicted molar refractivity (Wildman–Crippen MR) is 77.6 cm³/mol. The monoisotopic (exact) mass is 293 g/mol. The van der Waals surface area contributed by atoms with E-state index in [0.29, 0.717) is 11.8 Å². The molecule has 1 fully saturated rings. The molecule has 0 radical (unpaired) electrons. The van der Waals surface area contributed by atoms with E-state index >= 15 is 0 Å². The molecule has 3 atom stereocenters. The van der Waals surface area contributed by atoms with Crippen molar-refractivity contribution in [1.29, 1.82) is 0 Å². The minimum atomic E-state index is 0.116. The van der Waals surface area contributed by atoms with Crippen molar-refractivity contribution in [1.82, 2.24) is 15.1 Å². The molecular formula is C14H19N3O2S. The predicted octanol–water partition coefficient (Wildman–Crippen LogP) is 2.97. The maximum atomic E-state index is 5.82. The Labute approximate surface area is 122 Å². The number of hydrogen-bond acceptors (Lipinski definition) is 6. The van der Waals surface area contributed by atoms with E-state index in [1.54, 1.807) is 11.3 Å². The fraction of sp³-hybridized carbons (Fsp3) is 0.571. The van der Waals surface area contributed by atoms with Gasteiger partial charge in [0.2, 0.25) is 5.89 Å². The molecule has 1 aliphatic heterocycles. The average Bonchev–Trinajstić information content (AvgIpc) is 3.07. The molecule has 3 heterocycles. The van der Waals surface area contributed by atoms with Crippen LogP contribution in [0.15, 0.2) is 21.9 Å². The highest BCUT2D eigenvalue weighted by Crippen LogP contribution is 2.28. The fourth-order valence-corrected chi connectivity index (χ4v) is 3.24. The van der Waals surface area contributed by atoms with E-state index < -0.39 is 0 Å². The smallest absolute Gasteiger partial charge is 0.257 e. The second kappa shape index (κ2) is 5.63. The van der Waals surface area contributed by atoms with Crippen molar-refractivity contribution in [2.45, 2.75) is 39.0 Å². The molecule has 1 saturated heterocycles. The van der Waals surface area contributed by atoms with Gasteiger partial charge in [0.25, 0.3) is 5.89 Å². The summed E-state index contributed by atoms with van der Waals surface area (Å²) >= 11 is 1.61. The standard InChI is InChI=1S/C14H19N3O2S/c1-9-7-17(8-10(2)18-9)11(3)13-15-16-14(19-13)12-5-4-6-20-12/h4-6,9-11H,7-8H2,1-3H3/t9-,10-,11+/m1/s1. The molecule has 20 heavy (non-hydrogen) atoms. The SMILES string of the molecule is C[C@@H]1CN([C@@H](C)c2nnc(-c3cccs3)o2)C[C@@H](C)O1. The number of thiophene rings is 1. The Morgan fingerprint density at radius 1 is 1.30 bits per heavy atom. The van der Waals surface area contributed by atoms with E-state index in [9.17, 15) is 0 Å². The summed E-state index contributed by atoms with van der Waals surface area (Å²) in [6, 6.07) is 4.09. The number of nitrogens with zero attached hydrogens (tertiary/aromatic N) is 3. The molecule has 6 heteroatoms. The van der Waals surface area contributed by atoms with Crippen LogP contribution in [0.4, 0.5) is 0 Å². The third kappa shape index (κ3) is 2.77. The van der Waals surface area contributed by atoms with Crippen LogP contribution in [0, 0.1) is 0 Å². The van der Waals surface area contributed by atoms with Crippen LogP contribution < -0.4 is 0 Å². The van der Waals surface area contributed by atoms with Gasteiger partial charge in [-0.05, 0) is 32.2 Å². The van der Waals surface area contributed by atoms with Gasteiger partial charge in [0, 0.05) is 13.1 Å². The Morgan fingerprint density at radius 2 is 2.05 bits per heavy atom. The molecule has 0 aliphatic carbocycles. The van der Waals surface area contributed by atoms with Crippen LogP contribution in [0.1, 0.15) is 32.7 Å². The topological polar surface area (TPSA) is 51.4 Å². The second-order valence-corrected chi connectivity index (χ2v) is 6.26. The molecule has 0 spiro atoms. The summed E-state index contributed by atoms with van der Waals surface area (Å²) in [6.07, 6.45) is 0.474. The minimum Gasteiger partial charge on any atom is -0.418 e. The molecule has 5 nitrogen and oxygen atoms in total. The lowest BCUT2D eigenvalue weighted by molar-refractivity contribution is -0.0814. The first-order chi connectivity index (χ1) is 9.63. The van der Waals surface area contributed by atoms with E-state index in [2.05, 4.69) is 35.9 Å². The Bertz CT molecular complexity index is 545. The van der Waals surface area contributed by atoms with Crippen LogP contribution in [0.25, 0.3) is 10.8 Å². The van der Waals surface area contributed by atoms with E-state index in [4.69, 9.17) is 9.15 Å². The van der Waals surface area contributed by atoms with Crippen molar-refractivity contribution in [3.05, 3.63) is 23.4 Å². The zero-order valence-electron chi connectivity index (χ0n) is 11.9. The van der Waals surface area contributed by atoms with E-state index in [1.807, 2.05) is 17.5 Å². The Morgan fingerprint density at radius 3 is 2.70 bits per heavy atom. The van der Waals surface area contributed by atoms with Gasteiger partial charge in [-0.15, -0.1) is 21.5 Å². The zero-order chi connectivity index (χ0) is 14.1. The molecule has 0 aromatic carbocycles. The molecule has 3 rings (SSSR count). The summed E-state index contributed by atoms with van der Waals surface area (Å²) in [6.45, 7) is 8.08. The molecule has 108 valence electrons. The Hall–Kier alpha value is -1.24. The molecule has 0 bridgehead atoms. The molecule has 2 aromatic heterocycles. The van der Waals surface area contributed by atoms with E-state index in [0.717, 1.165) is 18.0 Å². The van der Waals surface area contributed by atoms with Gasteiger partial charge in [-0.1, -0.05) is 6.07 Å². The van der Waals surface area contributed by atoms with E-state index in [1.165, 1.54) is 0 Å². The number of rotatable bonds is 3. The largest absolute Gasteiger partial charge is 0.418 e. The van der Waals surface area contributed by atoms with Crippen molar-refractivity contribution in [3.8, 4) is 10.8 Å². The van der Waals surface area contributed by atoms with Gasteiger partial charge in [-0.25, -0.2) is 0 Å². The van der Waals surface area contributed by atoms with Crippen molar-refractivity contribution < 1.29 is 9.15 Å². The third-order valence-electron chi connectivity index (χ3n) is 3.53. The van der Waals surface area contributed by atoms with Crippen LogP contribution in [-0.2, 0) is 4.74 Å². The lowest BCUT2D eigenvalue weighted by atomic mass is 10.2. The first-order valence-electron chi connectivity index (χ1n) is 6.90. The normalized spacial score (nSPS) is 25.8. The molecular weight excluding hydrogens is 274 g/mol. The number of ether oxygens (including phenoxy) is 1. The number of morpholine rings is 1. The van der Waals surface area contributed by atoms with Crippen LogP contribution in [-0.4, -0.2) is 40.4 Å². The van der Waals surface area contributed by atoms with E-state index in [-0.39, 0.29) is 18.2 Å². The van der Waals surface area contributed by atoms with Crippen molar-refractivity contribution in [2.24, 2.45) is 0 Å². The van der Waals surface area contributed by atoms with Gasteiger partial charge in [0.1, 0.15) is 0 Å². The first kappa shape index (κ1) is 13.7. The lowest BCUT2D eigenvalue weighted by Crippen LogP contribution is -2.46. The summed E-state index contributed by atoms with van der Waals surface area (Å²) in [5.74, 6) is 1.28. The van der Waals surface area contributed by atoms with Crippen LogP contribution >= 0.6 is 11.3 Å². The average molecular weight is 293 g/mol. The Balaban J connectivity index is 1.75. The molecule has 1 aliphatic rings. The van der Waals surface area contributed by atoms with Gasteiger partial charge in [-0.3, -0.25) is 4.90 Å². The van der Waals surface area contributed by atoms with Gasteiger partial charge in [0.15, 0.2) is 0 Å². The van der Waals surface area contributed by atoms with Gasteiger partial charge < -0.3 is 9.15 Å². The third-order valence-corrected chi connectivity index (χ3v) is 4.38. The maximum absolute atomic E-state index is 5.82.